The largest absolute Gasteiger partial charge is 0.369 e. The van der Waals surface area contributed by atoms with Gasteiger partial charge in [0.2, 0.25) is 0 Å². The van der Waals surface area contributed by atoms with Crippen LogP contribution in [0.15, 0.2) is 30.2 Å². The predicted octanol–water partition coefficient (Wildman–Crippen LogP) is 1.51. The molecule has 82 valence electrons. The second kappa shape index (κ2) is 4.86. The highest BCUT2D eigenvalue weighted by Crippen LogP contribution is 2.13. The van der Waals surface area contributed by atoms with Crippen molar-refractivity contribution in [3.63, 3.8) is 0 Å². The van der Waals surface area contributed by atoms with E-state index in [0.29, 0.717) is 5.15 Å². The summed E-state index contributed by atoms with van der Waals surface area (Å²) in [6.07, 6.45) is 3.28. The van der Waals surface area contributed by atoms with Crippen LogP contribution in [0.4, 0.5) is 0 Å². The molecule has 1 saturated heterocycles. The third-order valence-electron chi connectivity index (χ3n) is 2.39. The molecule has 1 aliphatic rings. The standard InChI is InChI=1S/C11H11ClN4/c12-10-2-1-9(7-15-10)8-16-6-5-14-11(16)3-4-13/h1-3,7,14H,5-6,8H2/b11-3+. The van der Waals surface area contributed by atoms with Crippen LogP contribution < -0.4 is 5.32 Å². The van der Waals surface area contributed by atoms with Crippen molar-refractivity contribution in [2.24, 2.45) is 0 Å². The van der Waals surface area contributed by atoms with Crippen LogP contribution in [-0.4, -0.2) is 23.0 Å². The summed E-state index contributed by atoms with van der Waals surface area (Å²) in [5.41, 5.74) is 1.08. The van der Waals surface area contributed by atoms with Gasteiger partial charge in [-0.15, -0.1) is 0 Å². The molecule has 0 atom stereocenters. The molecule has 5 heteroatoms. The summed E-state index contributed by atoms with van der Waals surface area (Å²) in [5, 5.41) is 12.3. The molecule has 1 aliphatic heterocycles. The topological polar surface area (TPSA) is 52.0 Å². The van der Waals surface area contributed by atoms with Crippen molar-refractivity contribution >= 4 is 11.6 Å². The lowest BCUT2D eigenvalue weighted by Gasteiger charge is -2.17. The van der Waals surface area contributed by atoms with Gasteiger partial charge in [-0.1, -0.05) is 17.7 Å². The fourth-order valence-corrected chi connectivity index (χ4v) is 1.75. The predicted molar refractivity (Wildman–Crippen MR) is 61.4 cm³/mol. The third-order valence-corrected chi connectivity index (χ3v) is 2.62. The molecular weight excluding hydrogens is 224 g/mol. The maximum Gasteiger partial charge on any atom is 0.129 e. The molecule has 0 spiro atoms. The van der Waals surface area contributed by atoms with Gasteiger partial charge in [0.15, 0.2) is 0 Å². The van der Waals surface area contributed by atoms with E-state index in [1.54, 1.807) is 12.3 Å². The molecule has 2 rings (SSSR count). The molecule has 0 radical (unpaired) electrons. The van der Waals surface area contributed by atoms with E-state index >= 15 is 0 Å². The van der Waals surface area contributed by atoms with Crippen LogP contribution in [0.5, 0.6) is 0 Å². The van der Waals surface area contributed by atoms with Crippen molar-refractivity contribution in [3.05, 3.63) is 40.9 Å². The van der Waals surface area contributed by atoms with E-state index < -0.39 is 0 Å². The van der Waals surface area contributed by atoms with Crippen LogP contribution in [0.25, 0.3) is 0 Å². The number of nitriles is 1. The molecule has 1 N–H and O–H groups in total. The van der Waals surface area contributed by atoms with Crippen molar-refractivity contribution in [1.29, 1.82) is 5.26 Å². The normalized spacial score (nSPS) is 17.2. The van der Waals surface area contributed by atoms with Gasteiger partial charge in [0.1, 0.15) is 11.0 Å². The lowest BCUT2D eigenvalue weighted by atomic mass is 10.2. The van der Waals surface area contributed by atoms with Crippen molar-refractivity contribution in [1.82, 2.24) is 15.2 Å². The van der Waals surface area contributed by atoms with Crippen molar-refractivity contribution in [2.75, 3.05) is 13.1 Å². The SMILES string of the molecule is N#C/C=C1\NCCN1Cc1ccc(Cl)nc1. The Balaban J connectivity index is 2.07. The lowest BCUT2D eigenvalue weighted by molar-refractivity contribution is 0.388. The molecule has 0 aromatic carbocycles. The molecule has 0 unspecified atom stereocenters. The summed E-state index contributed by atoms with van der Waals surface area (Å²) in [5.74, 6) is 0.873. The fraction of sp³-hybridized carbons (Fsp3) is 0.273. The first-order chi connectivity index (χ1) is 7.79. The molecule has 2 heterocycles. The minimum absolute atomic E-state index is 0.496. The van der Waals surface area contributed by atoms with Crippen LogP contribution in [0.3, 0.4) is 0 Å². The molecule has 1 fully saturated rings. The van der Waals surface area contributed by atoms with Crippen LogP contribution in [-0.2, 0) is 6.54 Å². The number of halogens is 1. The van der Waals surface area contributed by atoms with Crippen molar-refractivity contribution in [2.45, 2.75) is 6.54 Å². The Morgan fingerprint density at radius 2 is 2.50 bits per heavy atom. The van der Waals surface area contributed by atoms with Crippen LogP contribution in [0.2, 0.25) is 5.15 Å². The average molecular weight is 235 g/mol. The molecule has 1 aromatic rings. The van der Waals surface area contributed by atoms with Crippen molar-refractivity contribution < 1.29 is 0 Å². The highest BCUT2D eigenvalue weighted by atomic mass is 35.5. The summed E-state index contributed by atoms with van der Waals surface area (Å²) < 4.78 is 0. The highest BCUT2D eigenvalue weighted by Gasteiger charge is 2.15. The summed E-state index contributed by atoms with van der Waals surface area (Å²) in [6, 6.07) is 5.75. The average Bonchev–Trinajstić information content (AvgIpc) is 2.70. The smallest absolute Gasteiger partial charge is 0.129 e. The maximum absolute atomic E-state index is 8.62. The van der Waals surface area contributed by atoms with Crippen molar-refractivity contribution in [3.8, 4) is 6.07 Å². The highest BCUT2D eigenvalue weighted by molar-refractivity contribution is 6.29. The van der Waals surface area contributed by atoms with E-state index in [2.05, 4.69) is 15.2 Å². The quantitative estimate of drug-likeness (QED) is 0.623. The Morgan fingerprint density at radius 3 is 3.19 bits per heavy atom. The van der Waals surface area contributed by atoms with E-state index in [0.717, 1.165) is 31.0 Å². The summed E-state index contributed by atoms with van der Waals surface area (Å²) in [6.45, 7) is 2.51. The Hall–Kier alpha value is -1.73. The van der Waals surface area contributed by atoms with E-state index in [9.17, 15) is 0 Å². The van der Waals surface area contributed by atoms with Gasteiger partial charge in [0.25, 0.3) is 0 Å². The fourth-order valence-electron chi connectivity index (χ4n) is 1.64. The first kappa shape index (κ1) is 10.8. The lowest BCUT2D eigenvalue weighted by Crippen LogP contribution is -2.19. The number of hydrogen-bond acceptors (Lipinski definition) is 4. The van der Waals surface area contributed by atoms with Gasteiger partial charge in [-0.2, -0.15) is 5.26 Å². The first-order valence-electron chi connectivity index (χ1n) is 4.98. The molecule has 4 nitrogen and oxygen atoms in total. The van der Waals surface area contributed by atoms with Gasteiger partial charge in [0, 0.05) is 25.8 Å². The van der Waals surface area contributed by atoms with E-state index in [-0.39, 0.29) is 0 Å². The van der Waals surface area contributed by atoms with Gasteiger partial charge in [-0.25, -0.2) is 4.98 Å². The molecular formula is C11H11ClN4. The van der Waals surface area contributed by atoms with E-state index in [1.807, 2.05) is 12.1 Å². The second-order valence-electron chi connectivity index (χ2n) is 3.50. The maximum atomic E-state index is 8.62. The Morgan fingerprint density at radius 1 is 1.62 bits per heavy atom. The number of nitrogens with one attached hydrogen (secondary N) is 1. The Kier molecular flexibility index (Phi) is 3.28. The first-order valence-corrected chi connectivity index (χ1v) is 5.36. The Labute approximate surface area is 99.2 Å². The number of pyridine rings is 1. The van der Waals surface area contributed by atoms with E-state index in [4.69, 9.17) is 16.9 Å². The zero-order valence-corrected chi connectivity index (χ0v) is 9.41. The van der Waals surface area contributed by atoms with E-state index in [1.165, 1.54) is 6.08 Å². The summed E-state index contributed by atoms with van der Waals surface area (Å²) in [4.78, 5) is 6.13. The van der Waals surface area contributed by atoms with Gasteiger partial charge < -0.3 is 10.2 Å². The summed E-state index contributed by atoms with van der Waals surface area (Å²) in [7, 11) is 0. The van der Waals surface area contributed by atoms with Gasteiger partial charge in [0.05, 0.1) is 12.1 Å². The zero-order chi connectivity index (χ0) is 11.4. The van der Waals surface area contributed by atoms with Crippen LogP contribution >= 0.6 is 11.6 Å². The molecule has 0 saturated carbocycles. The number of hydrogen-bond donors (Lipinski definition) is 1. The number of allylic oxidation sites excluding steroid dienone is 1. The minimum atomic E-state index is 0.496. The summed E-state index contributed by atoms with van der Waals surface area (Å²) >= 11 is 5.72. The number of aromatic nitrogens is 1. The Bertz CT molecular complexity index is 432. The van der Waals surface area contributed by atoms with Gasteiger partial charge >= 0.3 is 0 Å². The monoisotopic (exact) mass is 234 g/mol. The van der Waals surface area contributed by atoms with Crippen LogP contribution in [0, 0.1) is 11.3 Å². The molecule has 0 aliphatic carbocycles. The molecule has 1 aromatic heterocycles. The molecule has 0 amide bonds. The number of rotatable bonds is 2. The molecule has 0 bridgehead atoms. The van der Waals surface area contributed by atoms with Crippen LogP contribution in [0.1, 0.15) is 5.56 Å². The third kappa shape index (κ3) is 2.44. The second-order valence-corrected chi connectivity index (χ2v) is 3.88. The number of nitrogens with zero attached hydrogens (tertiary/aromatic N) is 3. The minimum Gasteiger partial charge on any atom is -0.369 e. The van der Waals surface area contributed by atoms with Gasteiger partial charge in [-0.05, 0) is 11.6 Å². The van der Waals surface area contributed by atoms with Gasteiger partial charge in [-0.3, -0.25) is 0 Å². The zero-order valence-electron chi connectivity index (χ0n) is 8.65. The molecule has 16 heavy (non-hydrogen) atoms.